The number of anilines is 1. The predicted octanol–water partition coefficient (Wildman–Crippen LogP) is 3.07. The quantitative estimate of drug-likeness (QED) is 0.614. The summed E-state index contributed by atoms with van der Waals surface area (Å²) in [4.78, 5) is 38.6. The van der Waals surface area contributed by atoms with Crippen LogP contribution in [-0.2, 0) is 25.5 Å². The van der Waals surface area contributed by atoms with E-state index < -0.39 is 24.5 Å². The second-order valence-corrected chi connectivity index (χ2v) is 6.14. The molecular weight excluding hydrogens is 360 g/mol. The summed E-state index contributed by atoms with van der Waals surface area (Å²) >= 11 is 0. The maximum absolute atomic E-state index is 12.0. The van der Waals surface area contributed by atoms with Crippen molar-refractivity contribution < 1.29 is 23.9 Å². The number of aromatic nitrogens is 1. The minimum absolute atomic E-state index is 0.174. The van der Waals surface area contributed by atoms with Gasteiger partial charge in [0.15, 0.2) is 6.61 Å². The zero-order valence-electron chi connectivity index (χ0n) is 15.4. The molecule has 2 aromatic carbocycles. The van der Waals surface area contributed by atoms with E-state index in [-0.39, 0.29) is 6.42 Å². The molecule has 0 aliphatic carbocycles. The van der Waals surface area contributed by atoms with Crippen molar-refractivity contribution in [2.24, 2.45) is 0 Å². The average molecular weight is 380 g/mol. The van der Waals surface area contributed by atoms with Crippen LogP contribution in [0.15, 0.2) is 54.7 Å². The number of esters is 2. The number of H-pyrrole nitrogens is 1. The van der Waals surface area contributed by atoms with Gasteiger partial charge in [-0.3, -0.25) is 9.59 Å². The summed E-state index contributed by atoms with van der Waals surface area (Å²) in [5.74, 6) is -1.44. The van der Waals surface area contributed by atoms with Crippen molar-refractivity contribution in [1.29, 1.82) is 0 Å². The summed E-state index contributed by atoms with van der Waals surface area (Å²) in [6.07, 6.45) is 2.57. The molecule has 0 radical (unpaired) electrons. The van der Waals surface area contributed by atoms with Gasteiger partial charge in [0.1, 0.15) is 0 Å². The predicted molar refractivity (Wildman–Crippen MR) is 104 cm³/mol. The van der Waals surface area contributed by atoms with Gasteiger partial charge in [0, 0.05) is 29.2 Å². The summed E-state index contributed by atoms with van der Waals surface area (Å²) < 4.78 is 9.67. The fourth-order valence-corrected chi connectivity index (χ4v) is 2.83. The molecule has 3 aromatic rings. The first-order valence-electron chi connectivity index (χ1n) is 8.75. The molecule has 0 saturated carbocycles. The Bertz CT molecular complexity index is 1010. The van der Waals surface area contributed by atoms with Crippen molar-refractivity contribution in [3.63, 3.8) is 0 Å². The molecule has 0 saturated heterocycles. The van der Waals surface area contributed by atoms with E-state index in [4.69, 9.17) is 4.74 Å². The lowest BCUT2D eigenvalue weighted by Gasteiger charge is -2.08. The summed E-state index contributed by atoms with van der Waals surface area (Å²) in [5, 5.41) is 3.65. The normalized spacial score (nSPS) is 10.5. The Labute approximate surface area is 161 Å². The number of rotatable bonds is 7. The lowest BCUT2D eigenvalue weighted by molar-refractivity contribution is -0.147. The van der Waals surface area contributed by atoms with Crippen LogP contribution in [0, 0.1) is 0 Å². The van der Waals surface area contributed by atoms with Gasteiger partial charge in [0.2, 0.25) is 0 Å². The second kappa shape index (κ2) is 8.85. The number of hydrogen-bond acceptors (Lipinski definition) is 5. The van der Waals surface area contributed by atoms with Crippen LogP contribution in [0.2, 0.25) is 0 Å². The molecule has 1 aromatic heterocycles. The SMILES string of the molecule is COC(=O)c1cccc(NC(=O)COC(=O)CCc2c[nH]c3ccccc23)c1. The fourth-order valence-electron chi connectivity index (χ4n) is 2.83. The molecule has 0 aliphatic heterocycles. The maximum Gasteiger partial charge on any atom is 0.337 e. The van der Waals surface area contributed by atoms with Gasteiger partial charge in [-0.1, -0.05) is 24.3 Å². The topological polar surface area (TPSA) is 97.5 Å². The fraction of sp³-hybridized carbons (Fsp3) is 0.190. The Balaban J connectivity index is 1.46. The molecule has 1 heterocycles. The number of aromatic amines is 1. The van der Waals surface area contributed by atoms with Crippen molar-refractivity contribution in [2.75, 3.05) is 19.0 Å². The Morgan fingerprint density at radius 3 is 2.71 bits per heavy atom. The molecule has 0 atom stereocenters. The highest BCUT2D eigenvalue weighted by Gasteiger charge is 2.11. The van der Waals surface area contributed by atoms with Gasteiger partial charge in [0.25, 0.3) is 5.91 Å². The summed E-state index contributed by atoms with van der Waals surface area (Å²) in [6, 6.07) is 14.2. The van der Waals surface area contributed by atoms with Crippen molar-refractivity contribution in [3.05, 3.63) is 65.9 Å². The van der Waals surface area contributed by atoms with Crippen LogP contribution >= 0.6 is 0 Å². The van der Waals surface area contributed by atoms with E-state index >= 15 is 0 Å². The van der Waals surface area contributed by atoms with Crippen LogP contribution in [0.4, 0.5) is 5.69 Å². The number of carbonyl (C=O) groups is 3. The molecule has 0 spiro atoms. The average Bonchev–Trinajstić information content (AvgIpc) is 3.13. The van der Waals surface area contributed by atoms with Crippen LogP contribution in [0.5, 0.6) is 0 Å². The van der Waals surface area contributed by atoms with Gasteiger partial charge < -0.3 is 19.8 Å². The molecule has 0 bridgehead atoms. The third-order valence-corrected chi connectivity index (χ3v) is 4.21. The first-order chi connectivity index (χ1) is 13.6. The van der Waals surface area contributed by atoms with Crippen molar-refractivity contribution in [3.8, 4) is 0 Å². The van der Waals surface area contributed by atoms with Gasteiger partial charge in [-0.05, 0) is 36.2 Å². The molecule has 144 valence electrons. The molecule has 0 fully saturated rings. The highest BCUT2D eigenvalue weighted by Crippen LogP contribution is 2.19. The summed E-state index contributed by atoms with van der Waals surface area (Å²) in [5.41, 5.74) is 2.77. The number of carbonyl (C=O) groups excluding carboxylic acids is 3. The van der Waals surface area contributed by atoms with E-state index in [2.05, 4.69) is 15.0 Å². The van der Waals surface area contributed by atoms with E-state index in [1.807, 2.05) is 30.5 Å². The van der Waals surface area contributed by atoms with Gasteiger partial charge in [-0.2, -0.15) is 0 Å². The zero-order chi connectivity index (χ0) is 19.9. The van der Waals surface area contributed by atoms with Crippen LogP contribution in [-0.4, -0.2) is 36.5 Å². The van der Waals surface area contributed by atoms with Crippen LogP contribution < -0.4 is 5.32 Å². The summed E-state index contributed by atoms with van der Waals surface area (Å²) in [6.45, 7) is -0.394. The number of fused-ring (bicyclic) bond motifs is 1. The van der Waals surface area contributed by atoms with Gasteiger partial charge >= 0.3 is 11.9 Å². The van der Waals surface area contributed by atoms with E-state index in [1.54, 1.807) is 18.2 Å². The molecule has 2 N–H and O–H groups in total. The highest BCUT2D eigenvalue weighted by molar-refractivity contribution is 5.95. The van der Waals surface area contributed by atoms with E-state index in [9.17, 15) is 14.4 Å². The maximum atomic E-state index is 12.0. The van der Waals surface area contributed by atoms with Gasteiger partial charge in [-0.15, -0.1) is 0 Å². The monoisotopic (exact) mass is 380 g/mol. The van der Waals surface area contributed by atoms with Crippen LogP contribution in [0.1, 0.15) is 22.3 Å². The molecule has 3 rings (SSSR count). The zero-order valence-corrected chi connectivity index (χ0v) is 15.4. The Hall–Kier alpha value is -3.61. The molecule has 7 nitrogen and oxygen atoms in total. The molecule has 1 amide bonds. The van der Waals surface area contributed by atoms with Crippen molar-refractivity contribution in [1.82, 2.24) is 4.98 Å². The number of nitrogens with one attached hydrogen (secondary N) is 2. The van der Waals surface area contributed by atoms with E-state index in [0.717, 1.165) is 16.5 Å². The molecule has 7 heteroatoms. The third kappa shape index (κ3) is 4.76. The molecule has 0 unspecified atom stereocenters. The lowest BCUT2D eigenvalue weighted by atomic mass is 10.1. The summed E-state index contributed by atoms with van der Waals surface area (Å²) in [7, 11) is 1.28. The standard InChI is InChI=1S/C21H20N2O5/c1-27-21(26)14-5-4-6-16(11-14)23-19(24)13-28-20(25)10-9-15-12-22-18-8-3-2-7-17(15)18/h2-8,11-12,22H,9-10,13H2,1H3,(H,23,24). The Kier molecular flexibility index (Phi) is 6.06. The number of hydrogen-bond donors (Lipinski definition) is 2. The first kappa shape index (κ1) is 19.2. The molecule has 0 aliphatic rings. The molecular formula is C21H20N2O5. The number of amides is 1. The minimum atomic E-state index is -0.500. The largest absolute Gasteiger partial charge is 0.465 e. The first-order valence-corrected chi connectivity index (χ1v) is 8.75. The number of ether oxygens (including phenoxy) is 2. The minimum Gasteiger partial charge on any atom is -0.465 e. The van der Waals surface area contributed by atoms with Crippen LogP contribution in [0.25, 0.3) is 10.9 Å². The number of para-hydroxylation sites is 1. The Morgan fingerprint density at radius 2 is 1.89 bits per heavy atom. The number of methoxy groups -OCH3 is 1. The second-order valence-electron chi connectivity index (χ2n) is 6.14. The number of aryl methyl sites for hydroxylation is 1. The van der Waals surface area contributed by atoms with Crippen molar-refractivity contribution in [2.45, 2.75) is 12.8 Å². The third-order valence-electron chi connectivity index (χ3n) is 4.21. The van der Waals surface area contributed by atoms with Gasteiger partial charge in [-0.25, -0.2) is 4.79 Å². The smallest absolute Gasteiger partial charge is 0.337 e. The highest BCUT2D eigenvalue weighted by atomic mass is 16.5. The van der Waals surface area contributed by atoms with Crippen LogP contribution in [0.3, 0.4) is 0 Å². The van der Waals surface area contributed by atoms with Crippen molar-refractivity contribution >= 4 is 34.4 Å². The molecule has 28 heavy (non-hydrogen) atoms. The lowest BCUT2D eigenvalue weighted by Crippen LogP contribution is -2.21. The number of benzene rings is 2. The van der Waals surface area contributed by atoms with E-state index in [1.165, 1.54) is 13.2 Å². The van der Waals surface area contributed by atoms with Gasteiger partial charge in [0.05, 0.1) is 12.7 Å². The Morgan fingerprint density at radius 1 is 1.07 bits per heavy atom. The van der Waals surface area contributed by atoms with E-state index in [0.29, 0.717) is 17.7 Å².